The topological polar surface area (TPSA) is 319 Å². The van der Waals surface area contributed by atoms with E-state index in [-0.39, 0.29) is 96.0 Å². The number of halogens is 3. The van der Waals surface area contributed by atoms with Crippen LogP contribution < -0.4 is 38.3 Å². The first kappa shape index (κ1) is 77.5. The first-order chi connectivity index (χ1) is 51.8. The summed E-state index contributed by atoms with van der Waals surface area (Å²) in [6, 6.07) is 41.1. The number of methoxy groups -OCH3 is 1. The van der Waals surface area contributed by atoms with E-state index < -0.39 is 36.2 Å². The Hall–Kier alpha value is -10.1. The summed E-state index contributed by atoms with van der Waals surface area (Å²) >= 11 is 20.3. The smallest absolute Gasteiger partial charge is 0.263 e. The number of thiazole rings is 1. The van der Waals surface area contributed by atoms with E-state index in [1.807, 2.05) is 101 Å². The summed E-state index contributed by atoms with van der Waals surface area (Å²) in [5, 5.41) is 5.54. The second-order valence-electron chi connectivity index (χ2n) is 25.1. The van der Waals surface area contributed by atoms with E-state index in [2.05, 4.69) is 52.8 Å². The largest absolute Gasteiger partial charge is 0.497 e. The molecule has 0 aliphatic carbocycles. The molecule has 4 amide bonds. The highest BCUT2D eigenvalue weighted by molar-refractivity contribution is 7.93. The molecule has 28 nitrogen and oxygen atoms in total. The van der Waals surface area contributed by atoms with Crippen molar-refractivity contribution in [1.29, 1.82) is 0 Å². The van der Waals surface area contributed by atoms with Crippen LogP contribution in [-0.4, -0.2) is 182 Å². The van der Waals surface area contributed by atoms with Crippen LogP contribution >= 0.6 is 57.7 Å². The van der Waals surface area contributed by atoms with Crippen LogP contribution in [0, 0.1) is 0 Å². The van der Waals surface area contributed by atoms with Gasteiger partial charge in [-0.25, -0.2) is 45.2 Å². The molecule has 0 saturated carbocycles. The lowest BCUT2D eigenvalue weighted by atomic mass is 10.1. The first-order valence-corrected chi connectivity index (χ1v) is 41.0. The number of nitrogens with zero attached hydrogens (tertiary/aromatic N) is 13. The minimum atomic E-state index is -3.84. The first-order valence-electron chi connectivity index (χ1n) is 33.8. The van der Waals surface area contributed by atoms with E-state index in [0.29, 0.717) is 79.6 Å². The molecule has 3 fully saturated rings. The van der Waals surface area contributed by atoms with Crippen LogP contribution in [0.3, 0.4) is 0 Å². The lowest BCUT2D eigenvalue weighted by molar-refractivity contribution is -0.142. The van der Waals surface area contributed by atoms with E-state index in [1.165, 1.54) is 70.3 Å². The van der Waals surface area contributed by atoms with Crippen LogP contribution in [0.5, 0.6) is 11.5 Å². The Balaban J connectivity index is 0.000000189. The maximum atomic E-state index is 13.5. The number of hydrogen-bond acceptors (Lipinski definition) is 21. The molecule has 36 heteroatoms. The number of piperazine rings is 3. The number of hydrogen-bond donors (Lipinski definition) is 3. The third kappa shape index (κ3) is 18.5. The summed E-state index contributed by atoms with van der Waals surface area (Å²) in [7, 11) is -9.64. The second kappa shape index (κ2) is 34.0. The Bertz CT molecular complexity index is 5380. The zero-order chi connectivity index (χ0) is 76.4. The summed E-state index contributed by atoms with van der Waals surface area (Å²) < 4.78 is 102. The third-order valence-electron chi connectivity index (χ3n) is 18.2. The molecule has 108 heavy (non-hydrogen) atoms. The number of carbonyl (C=O) groups excluding carboxylic acids is 4. The highest BCUT2D eigenvalue weighted by Gasteiger charge is 2.34. The van der Waals surface area contributed by atoms with Crippen molar-refractivity contribution in [3.05, 3.63) is 203 Å². The molecule has 6 aromatic carbocycles. The molecule has 0 radical (unpaired) electrons. The van der Waals surface area contributed by atoms with Gasteiger partial charge in [-0.05, 0) is 160 Å². The van der Waals surface area contributed by atoms with Crippen LogP contribution in [-0.2, 0) is 55.8 Å². The average molecular weight is 1630 g/mol. The van der Waals surface area contributed by atoms with E-state index in [9.17, 15) is 44.4 Å². The zero-order valence-corrected chi connectivity index (χ0v) is 64.9. The number of nitrogens with one attached hydrogen (secondary N) is 3. The van der Waals surface area contributed by atoms with Gasteiger partial charge < -0.3 is 48.0 Å². The maximum Gasteiger partial charge on any atom is 0.263 e. The van der Waals surface area contributed by atoms with E-state index in [4.69, 9.17) is 44.3 Å². The standard InChI is InChI=1S/C26H29N5O4S2.C25H25ClN6O3S.C21H19Cl2N5O5S2.3H2/c1-18-17-29(21-5-8-23(9-6-21)37(33,34)28-26-27-11-15-36-26)13-14-30(18)25(32)19(2)31-12-10-20-4-7-22(35-3)16-24(20)31;26-20-1-6-23-19(17-20)8-11-31(23)12-9-25(33)32-15-13-30(14-16-32)21-2-4-22(5-3-21)36(34,35)29-24-7-10-27-18-28-24;1-13(33-17-4-2-3-16(22)19(17)23)20(30)27-9-10-28(18(29)11-27)14-5-7-15(8-6-14)35(31,32)26-21-24-12-25-34-21;;;/h4-12,15-16,18-19H,13-14,17H2,1-3H3,(H,27,28);1-8,10-11,17-18H,9,12-16H2,(H,27,28,29);2-8,12-13H,9-11H2,1H3,(H,24,25,26);3*1H. The number of aromatic nitrogens is 7. The number of aryl methyl sites for hydroxylation is 1. The molecule has 11 aromatic rings. The number of rotatable bonds is 21. The van der Waals surface area contributed by atoms with Crippen LogP contribution in [0.4, 0.5) is 33.1 Å². The normalized spacial score (nSPS) is 15.5. The van der Waals surface area contributed by atoms with E-state index in [0.717, 1.165) is 50.5 Å². The van der Waals surface area contributed by atoms with Gasteiger partial charge in [-0.3, -0.25) is 33.3 Å². The van der Waals surface area contributed by atoms with Crippen molar-refractivity contribution in [2.24, 2.45) is 0 Å². The Labute approximate surface area is 651 Å². The van der Waals surface area contributed by atoms with Gasteiger partial charge in [-0.15, -0.1) is 11.3 Å². The van der Waals surface area contributed by atoms with E-state index >= 15 is 0 Å². The van der Waals surface area contributed by atoms with Crippen LogP contribution in [0.2, 0.25) is 15.1 Å². The molecule has 14 rings (SSSR count). The number of benzene rings is 6. The lowest BCUT2D eigenvalue weighted by Gasteiger charge is -2.42. The summed E-state index contributed by atoms with van der Waals surface area (Å²) in [6.45, 7) is 11.0. The molecular formula is C72H79Cl3N16O12S5. The molecule has 5 aromatic heterocycles. The van der Waals surface area contributed by atoms with E-state index in [1.54, 1.807) is 80.2 Å². The summed E-state index contributed by atoms with van der Waals surface area (Å²) in [5.41, 5.74) is 4.39. The molecule has 3 aliphatic heterocycles. The minimum Gasteiger partial charge on any atom is -0.497 e. The summed E-state index contributed by atoms with van der Waals surface area (Å²) in [5.74, 6) is 0.778. The Morgan fingerprint density at radius 3 is 1.91 bits per heavy atom. The molecular weight excluding hydrogens is 1550 g/mol. The second-order valence-corrected chi connectivity index (χ2v) is 33.0. The van der Waals surface area contributed by atoms with Crippen molar-refractivity contribution < 1.29 is 58.2 Å². The molecule has 3 atom stereocenters. The number of ether oxygens (including phenoxy) is 2. The Kier molecular flexibility index (Phi) is 24.4. The van der Waals surface area contributed by atoms with Gasteiger partial charge >= 0.3 is 0 Å². The molecule has 3 unspecified atom stereocenters. The number of sulfonamides is 3. The van der Waals surface area contributed by atoms with Crippen molar-refractivity contribution in [3.63, 3.8) is 0 Å². The summed E-state index contributed by atoms with van der Waals surface area (Å²) in [4.78, 5) is 78.8. The van der Waals surface area contributed by atoms with Gasteiger partial charge in [0.05, 0.1) is 32.3 Å². The number of fused-ring (bicyclic) bond motifs is 2. The van der Waals surface area contributed by atoms with Crippen molar-refractivity contribution in [1.82, 2.24) is 48.1 Å². The molecule has 570 valence electrons. The van der Waals surface area contributed by atoms with Gasteiger partial charge in [0.1, 0.15) is 47.6 Å². The highest BCUT2D eigenvalue weighted by Crippen LogP contribution is 2.34. The van der Waals surface area contributed by atoms with Crippen LogP contribution in [0.1, 0.15) is 37.5 Å². The van der Waals surface area contributed by atoms with Crippen molar-refractivity contribution in [2.45, 2.75) is 66.6 Å². The van der Waals surface area contributed by atoms with Crippen LogP contribution in [0.15, 0.2) is 203 Å². The average Bonchev–Trinajstić information content (AvgIpc) is 1.72. The zero-order valence-electron chi connectivity index (χ0n) is 58.5. The van der Waals surface area contributed by atoms with Gasteiger partial charge in [0.15, 0.2) is 11.2 Å². The monoisotopic (exact) mass is 1620 g/mol. The molecule has 3 aliphatic rings. The van der Waals surface area contributed by atoms with Gasteiger partial charge in [-0.2, -0.15) is 4.37 Å². The van der Waals surface area contributed by atoms with Gasteiger partial charge in [-0.1, -0.05) is 40.9 Å². The molecule has 0 spiro atoms. The Morgan fingerprint density at radius 1 is 0.630 bits per heavy atom. The number of carbonyl (C=O) groups is 4. The fraction of sp³-hybridized carbons (Fsp3) is 0.264. The molecule has 3 saturated heterocycles. The maximum absolute atomic E-state index is 13.5. The number of amides is 4. The Morgan fingerprint density at radius 2 is 1.28 bits per heavy atom. The van der Waals surface area contributed by atoms with Crippen LogP contribution in [0.25, 0.3) is 21.8 Å². The van der Waals surface area contributed by atoms with Gasteiger partial charge in [0, 0.05) is 163 Å². The molecule has 8 heterocycles. The predicted octanol–water partition coefficient (Wildman–Crippen LogP) is 11.9. The minimum absolute atomic E-state index is 0. The number of anilines is 6. The van der Waals surface area contributed by atoms with Crippen molar-refractivity contribution >= 4 is 166 Å². The SMILES string of the molecule is CC(Oc1cccc(Cl)c1Cl)C(=O)N1CCN(c2ccc(S(=O)(=O)Nc3ncns3)cc2)C(=O)C1.COc1ccc2ccn(C(C)C(=O)N3CCN(c4ccc(S(=O)(=O)Nc5nccs5)cc4)CC3C)c2c1.O=C(CCn1ccc2cc(Cl)ccc21)N1CCN(c2ccc(S(=O)(=O)Nc3ccncn3)cc2)CC1.[HH].[HH].[HH]. The molecule has 0 bridgehead atoms. The summed E-state index contributed by atoms with van der Waals surface area (Å²) in [6.07, 6.45) is 9.04. The van der Waals surface area contributed by atoms with Crippen molar-refractivity contribution in [3.8, 4) is 11.5 Å². The van der Waals surface area contributed by atoms with Crippen molar-refractivity contribution in [2.75, 3.05) is 101 Å². The predicted molar refractivity (Wildman–Crippen MR) is 425 cm³/mol. The highest BCUT2D eigenvalue weighted by atomic mass is 35.5. The fourth-order valence-electron chi connectivity index (χ4n) is 12.5. The quantitative estimate of drug-likeness (QED) is 0.0602. The van der Waals surface area contributed by atoms with Gasteiger partial charge in [0.25, 0.3) is 36.0 Å². The molecule has 3 N–H and O–H groups in total. The fourth-order valence-corrected chi connectivity index (χ4v) is 17.5. The third-order valence-corrected chi connectivity index (χ3v) is 24.8. The van der Waals surface area contributed by atoms with Gasteiger partial charge in [0.2, 0.25) is 22.9 Å². The lowest BCUT2D eigenvalue weighted by Crippen LogP contribution is -2.55.